The molecule has 1 saturated carbocycles. The van der Waals surface area contributed by atoms with Crippen molar-refractivity contribution < 1.29 is 9.90 Å². The highest BCUT2D eigenvalue weighted by atomic mass is 16.4. The molecule has 18 heavy (non-hydrogen) atoms. The lowest BCUT2D eigenvalue weighted by Gasteiger charge is -2.35. The van der Waals surface area contributed by atoms with Crippen LogP contribution in [-0.2, 0) is 10.2 Å². The predicted molar refractivity (Wildman–Crippen MR) is 67.2 cm³/mol. The van der Waals surface area contributed by atoms with Crippen molar-refractivity contribution in [1.82, 2.24) is 9.97 Å². The van der Waals surface area contributed by atoms with Crippen LogP contribution in [0.3, 0.4) is 0 Å². The molecular formula is C14H14N2O2. The molecule has 1 fully saturated rings. The number of carboxylic acids is 1. The van der Waals surface area contributed by atoms with E-state index >= 15 is 0 Å². The van der Waals surface area contributed by atoms with Crippen LogP contribution in [0, 0.1) is 0 Å². The number of imidazole rings is 1. The minimum atomic E-state index is -0.785. The van der Waals surface area contributed by atoms with Gasteiger partial charge in [-0.1, -0.05) is 36.8 Å². The van der Waals surface area contributed by atoms with Gasteiger partial charge in [-0.2, -0.15) is 0 Å². The van der Waals surface area contributed by atoms with E-state index in [1.54, 1.807) is 6.20 Å². The summed E-state index contributed by atoms with van der Waals surface area (Å²) in [7, 11) is 0. The van der Waals surface area contributed by atoms with Crippen molar-refractivity contribution in [2.75, 3.05) is 0 Å². The van der Waals surface area contributed by atoms with Gasteiger partial charge < -0.3 is 10.1 Å². The molecule has 0 atom stereocenters. The third kappa shape index (κ3) is 1.53. The van der Waals surface area contributed by atoms with E-state index in [-0.39, 0.29) is 0 Å². The summed E-state index contributed by atoms with van der Waals surface area (Å²) in [4.78, 5) is 18.8. The summed E-state index contributed by atoms with van der Waals surface area (Å²) in [5.74, 6) is -0.192. The first-order valence-corrected chi connectivity index (χ1v) is 6.07. The first-order chi connectivity index (χ1) is 8.72. The number of rotatable bonds is 3. The summed E-state index contributed by atoms with van der Waals surface area (Å²) in [6.07, 6.45) is 4.01. The van der Waals surface area contributed by atoms with Gasteiger partial charge in [-0.15, -0.1) is 0 Å². The number of carboxylic acid groups (broad SMARTS) is 1. The van der Waals surface area contributed by atoms with Gasteiger partial charge in [-0.25, -0.2) is 4.98 Å². The van der Waals surface area contributed by atoms with Gasteiger partial charge in [-0.3, -0.25) is 4.79 Å². The maximum absolute atomic E-state index is 11.4. The van der Waals surface area contributed by atoms with Crippen molar-refractivity contribution in [3.63, 3.8) is 0 Å². The maximum atomic E-state index is 11.4. The van der Waals surface area contributed by atoms with Crippen LogP contribution in [0.25, 0.3) is 11.3 Å². The van der Waals surface area contributed by atoms with Gasteiger partial charge in [0.1, 0.15) is 11.2 Å². The highest BCUT2D eigenvalue weighted by Crippen LogP contribution is 2.43. The third-order valence-electron chi connectivity index (χ3n) is 3.73. The van der Waals surface area contributed by atoms with Crippen molar-refractivity contribution in [1.29, 1.82) is 0 Å². The largest absolute Gasteiger partial charge is 0.480 e. The number of hydrogen-bond acceptors (Lipinski definition) is 2. The van der Waals surface area contributed by atoms with Crippen LogP contribution in [0.15, 0.2) is 36.5 Å². The predicted octanol–water partition coefficient (Wildman–Crippen LogP) is 2.58. The number of aromatic nitrogens is 2. The molecule has 92 valence electrons. The Balaban J connectivity index is 1.97. The summed E-state index contributed by atoms with van der Waals surface area (Å²) in [5.41, 5.74) is 1.11. The van der Waals surface area contributed by atoms with Crippen LogP contribution in [0.5, 0.6) is 0 Å². The lowest BCUT2D eigenvalue weighted by molar-refractivity contribution is -0.147. The van der Waals surface area contributed by atoms with E-state index in [1.807, 2.05) is 30.3 Å². The molecule has 1 aliphatic carbocycles. The molecule has 1 heterocycles. The fourth-order valence-corrected chi connectivity index (χ4v) is 2.41. The molecule has 1 aromatic carbocycles. The Morgan fingerprint density at radius 2 is 2.00 bits per heavy atom. The Kier molecular flexibility index (Phi) is 2.44. The molecule has 4 nitrogen and oxygen atoms in total. The van der Waals surface area contributed by atoms with Crippen molar-refractivity contribution in [3.8, 4) is 11.3 Å². The molecule has 1 aliphatic rings. The van der Waals surface area contributed by atoms with E-state index in [1.165, 1.54) is 0 Å². The van der Waals surface area contributed by atoms with Crippen LogP contribution >= 0.6 is 0 Å². The molecule has 0 unspecified atom stereocenters. The van der Waals surface area contributed by atoms with Gasteiger partial charge in [0.2, 0.25) is 0 Å². The van der Waals surface area contributed by atoms with Gasteiger partial charge in [0.25, 0.3) is 0 Å². The van der Waals surface area contributed by atoms with Crippen LogP contribution in [0.4, 0.5) is 0 Å². The number of aromatic amines is 1. The molecule has 0 aliphatic heterocycles. The second-order valence-electron chi connectivity index (χ2n) is 4.75. The molecule has 1 aromatic heterocycles. The summed E-state index contributed by atoms with van der Waals surface area (Å²) < 4.78 is 0. The Labute approximate surface area is 105 Å². The second kappa shape index (κ2) is 3.98. The van der Waals surface area contributed by atoms with E-state index in [9.17, 15) is 9.90 Å². The third-order valence-corrected chi connectivity index (χ3v) is 3.73. The average molecular weight is 242 g/mol. The smallest absolute Gasteiger partial charge is 0.317 e. The van der Waals surface area contributed by atoms with E-state index in [4.69, 9.17) is 0 Å². The Morgan fingerprint density at radius 1 is 1.28 bits per heavy atom. The van der Waals surface area contributed by atoms with Gasteiger partial charge in [0.05, 0.1) is 11.9 Å². The van der Waals surface area contributed by atoms with Gasteiger partial charge in [0, 0.05) is 0 Å². The van der Waals surface area contributed by atoms with E-state index < -0.39 is 11.4 Å². The standard InChI is InChI=1S/C14H14N2O2/c17-13(18)14(7-4-8-14)12-15-9-11(16-12)10-5-2-1-3-6-10/h1-3,5-6,9H,4,7-8H2,(H,15,16)(H,17,18). The van der Waals surface area contributed by atoms with Crippen LogP contribution in [-0.4, -0.2) is 21.0 Å². The Hall–Kier alpha value is -2.10. The maximum Gasteiger partial charge on any atom is 0.317 e. The Morgan fingerprint density at radius 3 is 2.56 bits per heavy atom. The fraction of sp³-hybridized carbons (Fsp3) is 0.286. The van der Waals surface area contributed by atoms with E-state index in [2.05, 4.69) is 9.97 Å². The lowest BCUT2D eigenvalue weighted by atomic mass is 9.68. The van der Waals surface area contributed by atoms with Gasteiger partial charge in [0.15, 0.2) is 0 Å². The molecule has 3 rings (SSSR count). The lowest BCUT2D eigenvalue weighted by Crippen LogP contribution is -2.43. The van der Waals surface area contributed by atoms with Crippen LogP contribution in [0.2, 0.25) is 0 Å². The highest BCUT2D eigenvalue weighted by molar-refractivity contribution is 5.81. The number of nitrogens with one attached hydrogen (secondary N) is 1. The summed E-state index contributed by atoms with van der Waals surface area (Å²) in [5, 5.41) is 9.36. The van der Waals surface area contributed by atoms with E-state index in [0.717, 1.165) is 17.7 Å². The number of H-pyrrole nitrogens is 1. The van der Waals surface area contributed by atoms with Crippen molar-refractivity contribution >= 4 is 5.97 Å². The molecule has 0 bridgehead atoms. The summed E-state index contributed by atoms with van der Waals surface area (Å²) in [6, 6.07) is 9.81. The molecular weight excluding hydrogens is 228 g/mol. The highest BCUT2D eigenvalue weighted by Gasteiger charge is 2.48. The van der Waals surface area contributed by atoms with E-state index in [0.29, 0.717) is 18.7 Å². The second-order valence-corrected chi connectivity index (χ2v) is 4.75. The average Bonchev–Trinajstić information content (AvgIpc) is 2.78. The molecule has 2 aromatic rings. The number of carbonyl (C=O) groups is 1. The minimum absolute atomic E-state index is 0.583. The molecule has 0 saturated heterocycles. The number of hydrogen-bond donors (Lipinski definition) is 2. The first-order valence-electron chi connectivity index (χ1n) is 6.07. The molecule has 0 spiro atoms. The summed E-state index contributed by atoms with van der Waals surface area (Å²) in [6.45, 7) is 0. The number of nitrogens with zero attached hydrogens (tertiary/aromatic N) is 1. The monoisotopic (exact) mass is 242 g/mol. The summed E-state index contributed by atoms with van der Waals surface area (Å²) >= 11 is 0. The number of aliphatic carboxylic acids is 1. The SMILES string of the molecule is O=C(O)C1(c2ncc(-c3ccccc3)[nH]2)CCC1. The topological polar surface area (TPSA) is 66.0 Å². The van der Waals surface area contributed by atoms with Gasteiger partial charge in [-0.05, 0) is 18.4 Å². The Bertz CT molecular complexity index is 570. The van der Waals surface area contributed by atoms with Gasteiger partial charge >= 0.3 is 5.97 Å². The normalized spacial score (nSPS) is 17.1. The number of benzene rings is 1. The zero-order valence-corrected chi connectivity index (χ0v) is 9.89. The van der Waals surface area contributed by atoms with Crippen molar-refractivity contribution in [3.05, 3.63) is 42.4 Å². The zero-order chi connectivity index (χ0) is 12.6. The quantitative estimate of drug-likeness (QED) is 0.869. The fourth-order valence-electron chi connectivity index (χ4n) is 2.41. The molecule has 0 amide bonds. The van der Waals surface area contributed by atoms with Crippen molar-refractivity contribution in [2.24, 2.45) is 0 Å². The first kappa shape index (κ1) is 11.0. The molecule has 0 radical (unpaired) electrons. The zero-order valence-electron chi connectivity index (χ0n) is 9.89. The molecule has 4 heteroatoms. The molecule has 2 N–H and O–H groups in total. The van der Waals surface area contributed by atoms with Crippen LogP contribution < -0.4 is 0 Å². The van der Waals surface area contributed by atoms with Crippen molar-refractivity contribution in [2.45, 2.75) is 24.7 Å². The minimum Gasteiger partial charge on any atom is -0.480 e. The van der Waals surface area contributed by atoms with Crippen LogP contribution in [0.1, 0.15) is 25.1 Å².